The Bertz CT molecular complexity index is 1210. The van der Waals surface area contributed by atoms with Crippen molar-refractivity contribution in [3.63, 3.8) is 0 Å². The number of halogens is 1. The Morgan fingerprint density at radius 3 is 2.25 bits per heavy atom. The average molecular weight is 445 g/mol. The summed E-state index contributed by atoms with van der Waals surface area (Å²) in [6, 6.07) is 25.8. The van der Waals surface area contributed by atoms with Gasteiger partial charge in [0.05, 0.1) is 0 Å². The number of nitrogens with zero attached hydrogens (tertiary/aromatic N) is 3. The molecule has 0 radical (unpaired) electrons. The van der Waals surface area contributed by atoms with Crippen molar-refractivity contribution >= 4 is 17.7 Å². The third kappa shape index (κ3) is 4.43. The molecule has 0 spiro atoms. The van der Waals surface area contributed by atoms with Gasteiger partial charge in [0.2, 0.25) is 5.91 Å². The Hall–Kier alpha value is -3.45. The molecule has 1 fully saturated rings. The number of aromatic nitrogens is 3. The lowest BCUT2D eigenvalue weighted by atomic mass is 10.1. The van der Waals surface area contributed by atoms with E-state index < -0.39 is 5.25 Å². The normalized spacial score (nSPS) is 14.2. The SMILES string of the molecule is O=C(NC1CC1)C(Sc1nnc(-c2ccccc2)n1-c1ccc(F)cc1)c1ccccc1. The number of nitrogens with one attached hydrogen (secondary N) is 1. The molecule has 1 amide bonds. The summed E-state index contributed by atoms with van der Waals surface area (Å²) in [6.45, 7) is 0. The zero-order chi connectivity index (χ0) is 21.9. The number of carbonyl (C=O) groups excluding carboxylic acids is 1. The minimum absolute atomic E-state index is 0.0429. The predicted molar refractivity (Wildman–Crippen MR) is 123 cm³/mol. The molecule has 4 aromatic rings. The highest BCUT2D eigenvalue weighted by atomic mass is 32.2. The predicted octanol–water partition coefficient (Wildman–Crippen LogP) is 5.19. The van der Waals surface area contributed by atoms with E-state index in [1.807, 2.05) is 65.2 Å². The van der Waals surface area contributed by atoms with Crippen LogP contribution in [0.1, 0.15) is 23.7 Å². The van der Waals surface area contributed by atoms with Gasteiger partial charge in [0, 0.05) is 17.3 Å². The van der Waals surface area contributed by atoms with E-state index in [4.69, 9.17) is 0 Å². The molecule has 1 N–H and O–H groups in total. The first kappa shape index (κ1) is 20.5. The van der Waals surface area contributed by atoms with Crippen LogP contribution in [0.3, 0.4) is 0 Å². The molecule has 160 valence electrons. The fourth-order valence-electron chi connectivity index (χ4n) is 3.45. The van der Waals surface area contributed by atoms with Crippen LogP contribution in [0.2, 0.25) is 0 Å². The highest BCUT2D eigenvalue weighted by molar-refractivity contribution is 8.00. The van der Waals surface area contributed by atoms with Crippen LogP contribution in [-0.2, 0) is 4.79 Å². The van der Waals surface area contributed by atoms with Gasteiger partial charge in [-0.15, -0.1) is 10.2 Å². The Morgan fingerprint density at radius 2 is 1.59 bits per heavy atom. The topological polar surface area (TPSA) is 59.8 Å². The highest BCUT2D eigenvalue weighted by Gasteiger charge is 2.31. The Balaban J connectivity index is 1.57. The Labute approximate surface area is 189 Å². The number of carbonyl (C=O) groups is 1. The molecule has 0 bridgehead atoms. The van der Waals surface area contributed by atoms with Gasteiger partial charge in [0.25, 0.3) is 0 Å². The molecular weight excluding hydrogens is 423 g/mol. The first-order valence-electron chi connectivity index (χ1n) is 10.5. The summed E-state index contributed by atoms with van der Waals surface area (Å²) in [4.78, 5) is 13.1. The average Bonchev–Trinajstić information content (AvgIpc) is 3.55. The Kier molecular flexibility index (Phi) is 5.73. The maximum Gasteiger partial charge on any atom is 0.238 e. The van der Waals surface area contributed by atoms with Crippen molar-refractivity contribution in [1.82, 2.24) is 20.1 Å². The number of rotatable bonds is 7. The lowest BCUT2D eigenvalue weighted by molar-refractivity contribution is -0.120. The van der Waals surface area contributed by atoms with Gasteiger partial charge in [0.15, 0.2) is 11.0 Å². The van der Waals surface area contributed by atoms with E-state index in [9.17, 15) is 9.18 Å². The van der Waals surface area contributed by atoms with E-state index in [2.05, 4.69) is 15.5 Å². The van der Waals surface area contributed by atoms with Crippen LogP contribution in [0, 0.1) is 5.82 Å². The molecule has 1 aromatic heterocycles. The molecule has 1 atom stereocenters. The van der Waals surface area contributed by atoms with E-state index in [-0.39, 0.29) is 17.8 Å². The molecule has 0 saturated heterocycles. The van der Waals surface area contributed by atoms with Crippen LogP contribution in [-0.4, -0.2) is 26.7 Å². The smallest absolute Gasteiger partial charge is 0.238 e. The highest BCUT2D eigenvalue weighted by Crippen LogP contribution is 2.38. The van der Waals surface area contributed by atoms with Crippen molar-refractivity contribution in [2.45, 2.75) is 29.3 Å². The molecular formula is C25H21FN4OS. The van der Waals surface area contributed by atoms with E-state index >= 15 is 0 Å². The van der Waals surface area contributed by atoms with Crippen LogP contribution in [0.4, 0.5) is 4.39 Å². The Morgan fingerprint density at radius 1 is 0.938 bits per heavy atom. The molecule has 1 saturated carbocycles. The number of benzene rings is 3. The van der Waals surface area contributed by atoms with E-state index in [1.54, 1.807) is 12.1 Å². The monoisotopic (exact) mass is 444 g/mol. The number of hydrogen-bond acceptors (Lipinski definition) is 4. The molecule has 1 unspecified atom stereocenters. The van der Waals surface area contributed by atoms with Gasteiger partial charge < -0.3 is 5.32 Å². The van der Waals surface area contributed by atoms with Gasteiger partial charge >= 0.3 is 0 Å². The van der Waals surface area contributed by atoms with Crippen molar-refractivity contribution in [3.8, 4) is 17.1 Å². The minimum Gasteiger partial charge on any atom is -0.352 e. The molecule has 1 heterocycles. The van der Waals surface area contributed by atoms with Crippen LogP contribution < -0.4 is 5.32 Å². The second-order valence-electron chi connectivity index (χ2n) is 7.68. The van der Waals surface area contributed by atoms with Crippen LogP contribution in [0.5, 0.6) is 0 Å². The van der Waals surface area contributed by atoms with Gasteiger partial charge in [0.1, 0.15) is 11.1 Å². The zero-order valence-electron chi connectivity index (χ0n) is 17.2. The van der Waals surface area contributed by atoms with Gasteiger partial charge in [-0.3, -0.25) is 9.36 Å². The summed E-state index contributed by atoms with van der Waals surface area (Å²) in [6.07, 6.45) is 2.03. The zero-order valence-corrected chi connectivity index (χ0v) is 18.0. The molecule has 7 heteroatoms. The largest absolute Gasteiger partial charge is 0.352 e. The maximum atomic E-state index is 13.6. The molecule has 3 aromatic carbocycles. The number of hydrogen-bond donors (Lipinski definition) is 1. The van der Waals surface area contributed by atoms with Crippen molar-refractivity contribution in [3.05, 3.63) is 96.3 Å². The number of amides is 1. The first-order chi connectivity index (χ1) is 15.7. The second-order valence-corrected chi connectivity index (χ2v) is 8.75. The molecule has 5 rings (SSSR count). The van der Waals surface area contributed by atoms with E-state index in [0.29, 0.717) is 11.0 Å². The summed E-state index contributed by atoms with van der Waals surface area (Å²) < 4.78 is 15.5. The van der Waals surface area contributed by atoms with Crippen LogP contribution >= 0.6 is 11.8 Å². The van der Waals surface area contributed by atoms with Crippen molar-refractivity contribution in [1.29, 1.82) is 0 Å². The van der Waals surface area contributed by atoms with Gasteiger partial charge in [-0.25, -0.2) is 4.39 Å². The first-order valence-corrected chi connectivity index (χ1v) is 11.4. The fourth-order valence-corrected chi connectivity index (χ4v) is 4.52. The van der Waals surface area contributed by atoms with Gasteiger partial charge in [-0.2, -0.15) is 0 Å². The third-order valence-electron chi connectivity index (χ3n) is 5.24. The summed E-state index contributed by atoms with van der Waals surface area (Å²) in [5.74, 6) is 0.274. The minimum atomic E-state index is -0.483. The van der Waals surface area contributed by atoms with Crippen molar-refractivity contribution < 1.29 is 9.18 Å². The fraction of sp³-hybridized carbons (Fsp3) is 0.160. The van der Waals surface area contributed by atoms with Crippen LogP contribution in [0.15, 0.2) is 90.1 Å². The maximum absolute atomic E-state index is 13.6. The number of thioether (sulfide) groups is 1. The standard InChI is InChI=1S/C25H21FN4OS/c26-19-11-15-21(16-12-19)30-23(18-9-5-2-6-10-18)28-29-25(30)32-22(17-7-3-1-4-8-17)24(31)27-20-13-14-20/h1-12,15-16,20,22H,13-14H2,(H,27,31). The van der Waals surface area contributed by atoms with E-state index in [0.717, 1.165) is 29.7 Å². The summed E-state index contributed by atoms with van der Waals surface area (Å²) in [5, 5.41) is 12.1. The molecule has 1 aliphatic rings. The molecule has 5 nitrogen and oxygen atoms in total. The van der Waals surface area contributed by atoms with Crippen molar-refractivity contribution in [2.24, 2.45) is 0 Å². The van der Waals surface area contributed by atoms with Gasteiger partial charge in [-0.05, 0) is 42.7 Å². The molecule has 0 aliphatic heterocycles. The second kappa shape index (κ2) is 8.96. The van der Waals surface area contributed by atoms with E-state index in [1.165, 1.54) is 23.9 Å². The summed E-state index contributed by atoms with van der Waals surface area (Å²) in [7, 11) is 0. The van der Waals surface area contributed by atoms with Gasteiger partial charge in [-0.1, -0.05) is 72.4 Å². The summed E-state index contributed by atoms with van der Waals surface area (Å²) in [5.41, 5.74) is 2.51. The quantitative estimate of drug-likeness (QED) is 0.399. The molecule has 1 aliphatic carbocycles. The summed E-state index contributed by atoms with van der Waals surface area (Å²) >= 11 is 1.34. The third-order valence-corrected chi connectivity index (χ3v) is 6.43. The molecule has 32 heavy (non-hydrogen) atoms. The lowest BCUT2D eigenvalue weighted by Crippen LogP contribution is -2.29. The lowest BCUT2D eigenvalue weighted by Gasteiger charge is -2.17. The van der Waals surface area contributed by atoms with Crippen molar-refractivity contribution in [2.75, 3.05) is 0 Å². The van der Waals surface area contributed by atoms with Crippen LogP contribution in [0.25, 0.3) is 17.1 Å².